The Bertz CT molecular complexity index is 590. The zero-order chi connectivity index (χ0) is 19.8. The standard InChI is InChI=1S/C21H31NO4/c1-7-14-22(19(23)26-20(3,4)5)18(21(6,24)8-2)16-25-15-17-12-10-9-11-13-17/h7-13,18,24H,1-2,14-16H2,3-6H3/t18-,21?/m1/s1. The lowest BCUT2D eigenvalue weighted by atomic mass is 9.95. The van der Waals surface area contributed by atoms with Crippen LogP contribution >= 0.6 is 0 Å². The van der Waals surface area contributed by atoms with E-state index in [4.69, 9.17) is 9.47 Å². The average Bonchev–Trinajstić information content (AvgIpc) is 2.56. The van der Waals surface area contributed by atoms with Crippen LogP contribution < -0.4 is 0 Å². The van der Waals surface area contributed by atoms with Gasteiger partial charge in [0, 0.05) is 6.54 Å². The summed E-state index contributed by atoms with van der Waals surface area (Å²) in [4.78, 5) is 14.1. The van der Waals surface area contributed by atoms with Crippen molar-refractivity contribution >= 4 is 6.09 Å². The second-order valence-corrected chi connectivity index (χ2v) is 7.37. The highest BCUT2D eigenvalue weighted by Crippen LogP contribution is 2.22. The van der Waals surface area contributed by atoms with Crippen LogP contribution in [0.1, 0.15) is 33.3 Å². The molecule has 26 heavy (non-hydrogen) atoms. The Labute approximate surface area is 156 Å². The van der Waals surface area contributed by atoms with Gasteiger partial charge in [0.05, 0.1) is 19.3 Å². The number of hydrogen-bond donors (Lipinski definition) is 1. The Kier molecular flexibility index (Phi) is 8.06. The third-order valence-electron chi connectivity index (χ3n) is 3.81. The van der Waals surface area contributed by atoms with Gasteiger partial charge in [-0.15, -0.1) is 13.2 Å². The molecule has 0 heterocycles. The number of amides is 1. The fourth-order valence-electron chi connectivity index (χ4n) is 2.36. The minimum atomic E-state index is -1.35. The van der Waals surface area contributed by atoms with Gasteiger partial charge in [0.25, 0.3) is 0 Å². The molecule has 0 saturated heterocycles. The van der Waals surface area contributed by atoms with Crippen LogP contribution in [0.25, 0.3) is 0 Å². The second-order valence-electron chi connectivity index (χ2n) is 7.37. The largest absolute Gasteiger partial charge is 0.444 e. The van der Waals surface area contributed by atoms with Crippen LogP contribution in [0.5, 0.6) is 0 Å². The molecule has 0 fully saturated rings. The second kappa shape index (κ2) is 9.55. The maximum Gasteiger partial charge on any atom is 0.411 e. The molecule has 0 radical (unpaired) electrons. The highest BCUT2D eigenvalue weighted by molar-refractivity contribution is 5.69. The van der Waals surface area contributed by atoms with Crippen LogP contribution in [0.3, 0.4) is 0 Å². The highest BCUT2D eigenvalue weighted by atomic mass is 16.6. The third-order valence-corrected chi connectivity index (χ3v) is 3.81. The van der Waals surface area contributed by atoms with Crippen molar-refractivity contribution in [2.24, 2.45) is 0 Å². The zero-order valence-corrected chi connectivity index (χ0v) is 16.3. The molecule has 1 N–H and O–H groups in total. The molecule has 1 rings (SSSR count). The smallest absolute Gasteiger partial charge is 0.411 e. The van der Waals surface area contributed by atoms with Gasteiger partial charge in [0.2, 0.25) is 0 Å². The van der Waals surface area contributed by atoms with Crippen molar-refractivity contribution in [3.63, 3.8) is 0 Å². The van der Waals surface area contributed by atoms with Crippen molar-refractivity contribution in [1.29, 1.82) is 0 Å². The van der Waals surface area contributed by atoms with E-state index in [2.05, 4.69) is 13.2 Å². The summed E-state index contributed by atoms with van der Waals surface area (Å²) in [7, 11) is 0. The van der Waals surface area contributed by atoms with E-state index < -0.39 is 23.3 Å². The van der Waals surface area contributed by atoms with Gasteiger partial charge in [-0.25, -0.2) is 4.79 Å². The summed E-state index contributed by atoms with van der Waals surface area (Å²) < 4.78 is 11.3. The molecule has 2 atom stereocenters. The monoisotopic (exact) mass is 361 g/mol. The van der Waals surface area contributed by atoms with Crippen LogP contribution in [0, 0.1) is 0 Å². The Balaban J connectivity index is 2.94. The van der Waals surface area contributed by atoms with Gasteiger partial charge in [-0.1, -0.05) is 42.5 Å². The first-order valence-electron chi connectivity index (χ1n) is 8.69. The number of nitrogens with zero attached hydrogens (tertiary/aromatic N) is 1. The molecular formula is C21H31NO4. The van der Waals surface area contributed by atoms with Crippen LogP contribution in [0.4, 0.5) is 4.79 Å². The molecule has 144 valence electrons. The Morgan fingerprint density at radius 2 is 1.85 bits per heavy atom. The number of carbonyl (C=O) groups excluding carboxylic acids is 1. The summed E-state index contributed by atoms with van der Waals surface area (Å²) in [5, 5.41) is 10.7. The summed E-state index contributed by atoms with van der Waals surface area (Å²) in [6, 6.07) is 9.04. The maximum absolute atomic E-state index is 12.6. The van der Waals surface area contributed by atoms with Gasteiger partial charge in [-0.05, 0) is 33.3 Å². The van der Waals surface area contributed by atoms with Crippen molar-refractivity contribution in [2.45, 2.75) is 51.5 Å². The minimum Gasteiger partial charge on any atom is -0.444 e. The SMILES string of the molecule is C=CCN(C(=O)OC(C)(C)C)[C@H](COCc1ccccc1)C(C)(O)C=C. The predicted octanol–water partition coefficient (Wildman–Crippen LogP) is 3.93. The molecular weight excluding hydrogens is 330 g/mol. The number of aliphatic hydroxyl groups is 1. The minimum absolute atomic E-state index is 0.126. The first-order valence-corrected chi connectivity index (χ1v) is 8.69. The van der Waals surface area contributed by atoms with Gasteiger partial charge in [-0.3, -0.25) is 4.90 Å². The lowest BCUT2D eigenvalue weighted by molar-refractivity contribution is -0.0524. The maximum atomic E-state index is 12.6. The predicted molar refractivity (Wildman–Crippen MR) is 104 cm³/mol. The quantitative estimate of drug-likeness (QED) is 0.677. The molecule has 1 amide bonds. The van der Waals surface area contributed by atoms with Crippen molar-refractivity contribution in [2.75, 3.05) is 13.2 Å². The van der Waals surface area contributed by atoms with Crippen molar-refractivity contribution in [1.82, 2.24) is 4.90 Å². The lowest BCUT2D eigenvalue weighted by Gasteiger charge is -2.39. The van der Waals surface area contributed by atoms with Crippen molar-refractivity contribution < 1.29 is 19.4 Å². The molecule has 1 aromatic carbocycles. The van der Waals surface area contributed by atoms with Crippen LogP contribution in [-0.2, 0) is 16.1 Å². The molecule has 0 saturated carbocycles. The van der Waals surface area contributed by atoms with Crippen LogP contribution in [0.15, 0.2) is 55.6 Å². The van der Waals surface area contributed by atoms with Gasteiger partial charge in [0.15, 0.2) is 0 Å². The summed E-state index contributed by atoms with van der Waals surface area (Å²) in [5.74, 6) is 0. The van der Waals surface area contributed by atoms with Crippen LogP contribution in [-0.4, -0.2) is 46.5 Å². The Morgan fingerprint density at radius 1 is 1.23 bits per heavy atom. The van der Waals surface area contributed by atoms with E-state index in [0.29, 0.717) is 6.61 Å². The molecule has 0 aliphatic heterocycles. The normalized spacial score (nSPS) is 14.8. The van der Waals surface area contributed by atoms with E-state index >= 15 is 0 Å². The van der Waals surface area contributed by atoms with Gasteiger partial charge in [0.1, 0.15) is 11.2 Å². The molecule has 0 aliphatic carbocycles. The number of hydrogen-bond acceptors (Lipinski definition) is 4. The van der Waals surface area contributed by atoms with E-state index in [-0.39, 0.29) is 13.2 Å². The first kappa shape index (κ1) is 21.9. The molecule has 0 aliphatic rings. The Morgan fingerprint density at radius 3 is 2.35 bits per heavy atom. The molecule has 5 nitrogen and oxygen atoms in total. The van der Waals surface area contributed by atoms with E-state index in [9.17, 15) is 9.90 Å². The summed E-state index contributed by atoms with van der Waals surface area (Å²) in [6.07, 6.45) is 2.46. The number of rotatable bonds is 9. The average molecular weight is 361 g/mol. The fourth-order valence-corrected chi connectivity index (χ4v) is 2.36. The molecule has 5 heteroatoms. The fraction of sp³-hybridized carbons (Fsp3) is 0.476. The lowest BCUT2D eigenvalue weighted by Crippen LogP contribution is -2.55. The molecule has 0 bridgehead atoms. The number of carbonyl (C=O) groups is 1. The number of benzene rings is 1. The van der Waals surface area contributed by atoms with Gasteiger partial charge >= 0.3 is 6.09 Å². The van der Waals surface area contributed by atoms with E-state index in [0.717, 1.165) is 5.56 Å². The molecule has 0 aromatic heterocycles. The molecule has 1 unspecified atom stereocenters. The van der Waals surface area contributed by atoms with Gasteiger partial charge < -0.3 is 14.6 Å². The Hall–Kier alpha value is -2.11. The molecule has 1 aromatic rings. The first-order chi connectivity index (χ1) is 12.1. The topological polar surface area (TPSA) is 59.0 Å². The highest BCUT2D eigenvalue weighted by Gasteiger charge is 2.38. The van der Waals surface area contributed by atoms with Crippen molar-refractivity contribution in [3.8, 4) is 0 Å². The van der Waals surface area contributed by atoms with E-state index in [1.807, 2.05) is 30.3 Å². The van der Waals surface area contributed by atoms with Gasteiger partial charge in [-0.2, -0.15) is 0 Å². The third kappa shape index (κ3) is 7.02. The van der Waals surface area contributed by atoms with E-state index in [1.54, 1.807) is 33.8 Å². The zero-order valence-electron chi connectivity index (χ0n) is 16.3. The number of ether oxygens (including phenoxy) is 2. The summed E-state index contributed by atoms with van der Waals surface area (Å²) >= 11 is 0. The van der Waals surface area contributed by atoms with Crippen molar-refractivity contribution in [3.05, 3.63) is 61.2 Å². The van der Waals surface area contributed by atoms with E-state index in [1.165, 1.54) is 11.0 Å². The summed E-state index contributed by atoms with van der Waals surface area (Å²) in [5.41, 5.74) is -0.986. The molecule has 0 spiro atoms. The summed E-state index contributed by atoms with van der Waals surface area (Å²) in [6.45, 7) is 15.1. The van der Waals surface area contributed by atoms with Crippen LogP contribution in [0.2, 0.25) is 0 Å².